The first-order valence-electron chi connectivity index (χ1n) is 6.22. The van der Waals surface area contributed by atoms with Crippen molar-refractivity contribution in [2.24, 2.45) is 16.6 Å². The summed E-state index contributed by atoms with van der Waals surface area (Å²) in [5.74, 6) is -1.30. The maximum absolute atomic E-state index is 14.4. The molecule has 0 bridgehead atoms. The molecule has 1 aliphatic carbocycles. The number of halogens is 3. The van der Waals surface area contributed by atoms with Crippen LogP contribution in [0.2, 0.25) is 0 Å². The molecular formula is C13H14F3N3O. The third-order valence-corrected chi connectivity index (χ3v) is 3.91. The normalized spacial score (nSPS) is 31.6. The van der Waals surface area contributed by atoms with Crippen LogP contribution in [-0.4, -0.2) is 18.6 Å². The van der Waals surface area contributed by atoms with E-state index in [1.54, 1.807) is 0 Å². The van der Waals surface area contributed by atoms with Crippen LogP contribution in [0.1, 0.15) is 17.5 Å². The van der Waals surface area contributed by atoms with Gasteiger partial charge in [-0.2, -0.15) is 0 Å². The van der Waals surface area contributed by atoms with E-state index in [9.17, 15) is 13.2 Å². The molecule has 4 nitrogen and oxygen atoms in total. The summed E-state index contributed by atoms with van der Waals surface area (Å²) in [6.45, 7) is 1.48. The lowest BCUT2D eigenvalue weighted by Crippen LogP contribution is -2.43. The van der Waals surface area contributed by atoms with Crippen LogP contribution in [0.15, 0.2) is 17.1 Å². The number of alkyl halides is 2. The van der Waals surface area contributed by atoms with E-state index in [2.05, 4.69) is 4.99 Å². The first-order chi connectivity index (χ1) is 9.36. The van der Waals surface area contributed by atoms with Crippen LogP contribution in [0.4, 0.5) is 18.9 Å². The monoisotopic (exact) mass is 285 g/mol. The average Bonchev–Trinajstić information content (AvgIpc) is 3.11. The van der Waals surface area contributed by atoms with Gasteiger partial charge in [-0.25, -0.2) is 18.2 Å². The number of aryl methyl sites for hydroxylation is 1. The van der Waals surface area contributed by atoms with Crippen molar-refractivity contribution in [2.45, 2.75) is 31.4 Å². The summed E-state index contributed by atoms with van der Waals surface area (Å²) < 4.78 is 46.9. The maximum atomic E-state index is 14.4. The number of aliphatic imine (C=N–C) groups is 1. The highest BCUT2D eigenvalue weighted by Crippen LogP contribution is 2.56. The SMILES string of the molecule is Cc1cc(N)cc([C@@]2(C(F)F)N=C(N)O[C@@H]3CC32)c1F. The van der Waals surface area contributed by atoms with Gasteiger partial charge in [-0.05, 0) is 31.0 Å². The Labute approximate surface area is 113 Å². The van der Waals surface area contributed by atoms with Crippen molar-refractivity contribution in [2.75, 3.05) is 5.73 Å². The number of nitrogen functional groups attached to an aromatic ring is 1. The van der Waals surface area contributed by atoms with E-state index in [-0.39, 0.29) is 22.8 Å². The fraction of sp³-hybridized carbons (Fsp3) is 0.462. The van der Waals surface area contributed by atoms with Gasteiger partial charge in [0.15, 0.2) is 5.54 Å². The molecule has 20 heavy (non-hydrogen) atoms. The molecule has 3 atom stereocenters. The van der Waals surface area contributed by atoms with Crippen LogP contribution >= 0.6 is 0 Å². The molecule has 1 aromatic rings. The minimum Gasteiger partial charge on any atom is -0.462 e. The van der Waals surface area contributed by atoms with Crippen molar-refractivity contribution in [3.05, 3.63) is 29.1 Å². The Morgan fingerprint density at radius 3 is 2.75 bits per heavy atom. The summed E-state index contributed by atoms with van der Waals surface area (Å²) in [6, 6.07) is 2.28. The molecule has 3 rings (SSSR count). The molecule has 4 N–H and O–H groups in total. The standard InChI is InChI=1S/C13H14F3N3O/c1-5-2-6(17)3-8(10(5)14)13(11(15)16)7-4-9(7)20-12(18)19-13/h2-3,7,9,11H,4,17H2,1H3,(H2,18,19)/t7?,9-,13+/m1/s1. The summed E-state index contributed by atoms with van der Waals surface area (Å²) in [5.41, 5.74) is 9.35. The quantitative estimate of drug-likeness (QED) is 0.815. The fourth-order valence-corrected chi connectivity index (χ4v) is 2.89. The zero-order valence-electron chi connectivity index (χ0n) is 10.7. The van der Waals surface area contributed by atoms with Gasteiger partial charge in [0, 0.05) is 17.2 Å². The Morgan fingerprint density at radius 2 is 2.10 bits per heavy atom. The number of nitrogens with zero attached hydrogens (tertiary/aromatic N) is 1. The van der Waals surface area contributed by atoms with E-state index >= 15 is 0 Å². The molecule has 0 aromatic heterocycles. The summed E-state index contributed by atoms with van der Waals surface area (Å²) in [7, 11) is 0. The molecule has 1 aromatic carbocycles. The topological polar surface area (TPSA) is 73.6 Å². The number of hydrogen-bond donors (Lipinski definition) is 2. The third-order valence-electron chi connectivity index (χ3n) is 3.91. The summed E-state index contributed by atoms with van der Waals surface area (Å²) in [4.78, 5) is 3.78. The zero-order valence-corrected chi connectivity index (χ0v) is 10.7. The number of anilines is 1. The highest BCUT2D eigenvalue weighted by molar-refractivity contribution is 5.74. The van der Waals surface area contributed by atoms with Crippen molar-refractivity contribution in [1.29, 1.82) is 0 Å². The van der Waals surface area contributed by atoms with Crippen LogP contribution in [0.3, 0.4) is 0 Å². The predicted molar refractivity (Wildman–Crippen MR) is 67.8 cm³/mol. The molecule has 1 heterocycles. The summed E-state index contributed by atoms with van der Waals surface area (Å²) >= 11 is 0. The Balaban J connectivity index is 2.25. The van der Waals surface area contributed by atoms with Gasteiger partial charge >= 0.3 is 0 Å². The Morgan fingerprint density at radius 1 is 1.40 bits per heavy atom. The van der Waals surface area contributed by atoms with E-state index in [1.807, 2.05) is 0 Å². The molecule has 1 fully saturated rings. The van der Waals surface area contributed by atoms with Crippen LogP contribution in [0.5, 0.6) is 0 Å². The van der Waals surface area contributed by atoms with Gasteiger partial charge in [-0.15, -0.1) is 0 Å². The van der Waals surface area contributed by atoms with Crippen molar-refractivity contribution in [1.82, 2.24) is 0 Å². The lowest BCUT2D eigenvalue weighted by atomic mass is 9.83. The molecule has 1 saturated carbocycles. The van der Waals surface area contributed by atoms with E-state index < -0.39 is 29.8 Å². The van der Waals surface area contributed by atoms with Gasteiger partial charge < -0.3 is 16.2 Å². The van der Waals surface area contributed by atoms with E-state index in [0.717, 1.165) is 0 Å². The van der Waals surface area contributed by atoms with Crippen LogP contribution in [0.25, 0.3) is 0 Å². The molecule has 108 valence electrons. The molecule has 0 amide bonds. The number of fused-ring (bicyclic) bond motifs is 1. The number of ether oxygens (including phenoxy) is 1. The predicted octanol–water partition coefficient (Wildman–Crippen LogP) is 1.91. The summed E-state index contributed by atoms with van der Waals surface area (Å²) in [5, 5.41) is 0. The van der Waals surface area contributed by atoms with Crippen molar-refractivity contribution < 1.29 is 17.9 Å². The number of nitrogens with two attached hydrogens (primary N) is 2. The number of hydrogen-bond acceptors (Lipinski definition) is 4. The highest BCUT2D eigenvalue weighted by Gasteiger charge is 2.64. The van der Waals surface area contributed by atoms with Crippen molar-refractivity contribution in [3.63, 3.8) is 0 Å². The van der Waals surface area contributed by atoms with Crippen molar-refractivity contribution in [3.8, 4) is 0 Å². The minimum atomic E-state index is -2.89. The molecule has 1 aliphatic heterocycles. The molecular weight excluding hydrogens is 271 g/mol. The Bertz CT molecular complexity index is 605. The number of amidine groups is 1. The largest absolute Gasteiger partial charge is 0.462 e. The van der Waals surface area contributed by atoms with Gasteiger partial charge in [0.05, 0.1) is 0 Å². The fourth-order valence-electron chi connectivity index (χ4n) is 2.89. The minimum absolute atomic E-state index is 0.205. The molecule has 0 saturated heterocycles. The Hall–Kier alpha value is -1.92. The maximum Gasteiger partial charge on any atom is 0.283 e. The molecule has 0 radical (unpaired) electrons. The second kappa shape index (κ2) is 4.04. The van der Waals surface area contributed by atoms with Gasteiger partial charge in [-0.3, -0.25) is 0 Å². The number of rotatable bonds is 2. The zero-order chi connectivity index (χ0) is 14.7. The summed E-state index contributed by atoms with van der Waals surface area (Å²) in [6.07, 6.45) is -2.94. The third kappa shape index (κ3) is 1.65. The van der Waals surface area contributed by atoms with Crippen LogP contribution < -0.4 is 11.5 Å². The second-order valence-corrected chi connectivity index (χ2v) is 5.27. The first-order valence-corrected chi connectivity index (χ1v) is 6.22. The van der Waals surface area contributed by atoms with E-state index in [0.29, 0.717) is 6.42 Å². The first kappa shape index (κ1) is 13.1. The molecule has 1 unspecified atom stereocenters. The van der Waals surface area contributed by atoms with Gasteiger partial charge in [-0.1, -0.05) is 0 Å². The van der Waals surface area contributed by atoms with Crippen molar-refractivity contribution >= 4 is 11.7 Å². The van der Waals surface area contributed by atoms with E-state index in [1.165, 1.54) is 19.1 Å². The molecule has 7 heteroatoms. The second-order valence-electron chi connectivity index (χ2n) is 5.27. The molecule has 0 spiro atoms. The molecule has 2 aliphatic rings. The lowest BCUT2D eigenvalue weighted by Gasteiger charge is -2.33. The van der Waals surface area contributed by atoms with E-state index in [4.69, 9.17) is 16.2 Å². The van der Waals surface area contributed by atoms with Gasteiger partial charge in [0.2, 0.25) is 0 Å². The highest BCUT2D eigenvalue weighted by atomic mass is 19.3. The number of benzene rings is 1. The smallest absolute Gasteiger partial charge is 0.283 e. The van der Waals surface area contributed by atoms with Gasteiger partial charge in [0.1, 0.15) is 11.9 Å². The van der Waals surface area contributed by atoms with Crippen LogP contribution in [0, 0.1) is 18.7 Å². The van der Waals surface area contributed by atoms with Gasteiger partial charge in [0.25, 0.3) is 12.4 Å². The Kier molecular flexibility index (Phi) is 2.64. The average molecular weight is 285 g/mol. The van der Waals surface area contributed by atoms with Crippen LogP contribution in [-0.2, 0) is 10.3 Å². The lowest BCUT2D eigenvalue weighted by molar-refractivity contribution is 0.0176.